The summed E-state index contributed by atoms with van der Waals surface area (Å²) >= 11 is 0. The Kier molecular flexibility index (Phi) is 2.52. The summed E-state index contributed by atoms with van der Waals surface area (Å²) in [5.41, 5.74) is 4.02. The average Bonchev–Trinajstić information content (AvgIpc) is 2.82. The van der Waals surface area contributed by atoms with Crippen molar-refractivity contribution in [1.82, 2.24) is 14.5 Å². The lowest BCUT2D eigenvalue weighted by Crippen LogP contribution is -2.45. The first-order valence-electron chi connectivity index (χ1n) is 7.24. The molecule has 1 aromatic carbocycles. The van der Waals surface area contributed by atoms with Gasteiger partial charge in [0.1, 0.15) is 0 Å². The Bertz CT molecular complexity index is 608. The Morgan fingerprint density at radius 1 is 1.05 bits per heavy atom. The highest BCUT2D eigenvalue weighted by Gasteiger charge is 2.23. The van der Waals surface area contributed by atoms with Crippen LogP contribution >= 0.6 is 0 Å². The van der Waals surface area contributed by atoms with Gasteiger partial charge >= 0.3 is 0 Å². The molecule has 0 N–H and O–H groups in total. The van der Waals surface area contributed by atoms with E-state index < -0.39 is 0 Å². The third-order valence-electron chi connectivity index (χ3n) is 4.44. The van der Waals surface area contributed by atoms with E-state index in [-0.39, 0.29) is 0 Å². The van der Waals surface area contributed by atoms with E-state index in [9.17, 15) is 0 Å². The van der Waals surface area contributed by atoms with Crippen molar-refractivity contribution in [2.45, 2.75) is 19.4 Å². The van der Waals surface area contributed by atoms with E-state index in [2.05, 4.69) is 39.6 Å². The summed E-state index contributed by atoms with van der Waals surface area (Å²) < 4.78 is 2.44. The first-order valence-corrected chi connectivity index (χ1v) is 7.24. The zero-order valence-electron chi connectivity index (χ0n) is 11.5. The lowest BCUT2D eigenvalue weighted by atomic mass is 10.0. The predicted octanol–water partition coefficient (Wildman–Crippen LogP) is 1.73. The van der Waals surface area contributed by atoms with Crippen LogP contribution in [0.25, 0.3) is 11.0 Å². The first-order chi connectivity index (χ1) is 9.33. The smallest absolute Gasteiger partial charge is 0.206 e. The molecule has 1 saturated heterocycles. The zero-order chi connectivity index (χ0) is 12.8. The maximum Gasteiger partial charge on any atom is 0.206 e. The molecule has 100 valence electrons. The van der Waals surface area contributed by atoms with Gasteiger partial charge in [0.15, 0.2) is 0 Å². The van der Waals surface area contributed by atoms with Crippen LogP contribution < -0.4 is 4.90 Å². The molecule has 0 unspecified atom stereocenters. The van der Waals surface area contributed by atoms with Crippen molar-refractivity contribution in [1.29, 1.82) is 0 Å². The van der Waals surface area contributed by atoms with Crippen LogP contribution in [-0.4, -0.2) is 47.7 Å². The number of nitrogens with zero attached hydrogens (tertiary/aromatic N) is 4. The quantitative estimate of drug-likeness (QED) is 0.776. The van der Waals surface area contributed by atoms with E-state index in [1.807, 2.05) is 0 Å². The van der Waals surface area contributed by atoms with E-state index in [0.717, 1.165) is 32.7 Å². The molecule has 19 heavy (non-hydrogen) atoms. The van der Waals surface area contributed by atoms with Gasteiger partial charge in [-0.1, -0.05) is 12.1 Å². The molecular weight excluding hydrogens is 236 g/mol. The highest BCUT2D eigenvalue weighted by Crippen LogP contribution is 2.30. The van der Waals surface area contributed by atoms with E-state index in [1.165, 1.54) is 35.4 Å². The largest absolute Gasteiger partial charge is 0.340 e. The van der Waals surface area contributed by atoms with E-state index in [4.69, 9.17) is 4.98 Å². The Labute approximate surface area is 113 Å². The van der Waals surface area contributed by atoms with Gasteiger partial charge in [-0.05, 0) is 31.5 Å². The minimum Gasteiger partial charge on any atom is -0.340 e. The van der Waals surface area contributed by atoms with Gasteiger partial charge in [0.05, 0.1) is 11.0 Å². The lowest BCUT2D eigenvalue weighted by Gasteiger charge is -2.33. The molecule has 1 fully saturated rings. The Balaban J connectivity index is 1.81. The summed E-state index contributed by atoms with van der Waals surface area (Å²) in [6.07, 6.45) is 2.44. The minimum atomic E-state index is 1.09. The molecule has 4 rings (SSSR count). The van der Waals surface area contributed by atoms with Crippen molar-refractivity contribution >= 4 is 17.0 Å². The van der Waals surface area contributed by atoms with Gasteiger partial charge < -0.3 is 14.4 Å². The Morgan fingerprint density at radius 2 is 1.89 bits per heavy atom. The molecule has 1 aromatic heterocycles. The van der Waals surface area contributed by atoms with Gasteiger partial charge in [0, 0.05) is 32.7 Å². The minimum absolute atomic E-state index is 1.09. The second kappa shape index (κ2) is 4.23. The fourth-order valence-corrected chi connectivity index (χ4v) is 3.34. The fourth-order valence-electron chi connectivity index (χ4n) is 3.34. The first kappa shape index (κ1) is 11.3. The van der Waals surface area contributed by atoms with E-state index in [1.54, 1.807) is 0 Å². The van der Waals surface area contributed by atoms with Crippen LogP contribution in [0.5, 0.6) is 0 Å². The average molecular weight is 256 g/mol. The highest BCUT2D eigenvalue weighted by atomic mass is 15.4. The van der Waals surface area contributed by atoms with Crippen LogP contribution in [-0.2, 0) is 13.0 Å². The predicted molar refractivity (Wildman–Crippen MR) is 77.8 cm³/mol. The maximum absolute atomic E-state index is 4.90. The molecule has 3 heterocycles. The van der Waals surface area contributed by atoms with Crippen LogP contribution in [0, 0.1) is 0 Å². The second-order valence-electron chi connectivity index (χ2n) is 5.74. The second-order valence-corrected chi connectivity index (χ2v) is 5.74. The molecular formula is C15H20N4. The van der Waals surface area contributed by atoms with Crippen LogP contribution in [0.1, 0.15) is 12.0 Å². The van der Waals surface area contributed by atoms with Gasteiger partial charge in [-0.3, -0.25) is 0 Å². The summed E-state index contributed by atoms with van der Waals surface area (Å²) in [5.74, 6) is 1.19. The standard InChI is InChI=1S/C15H20N4/c1-17-8-10-18(11-9-17)15-16-13-6-2-4-12-5-3-7-19(15)14(12)13/h2,4,6H,3,5,7-11H2,1H3. The summed E-state index contributed by atoms with van der Waals surface area (Å²) in [6, 6.07) is 6.56. The number of aromatic nitrogens is 2. The lowest BCUT2D eigenvalue weighted by molar-refractivity contribution is 0.310. The van der Waals surface area contributed by atoms with Crippen molar-refractivity contribution in [3.63, 3.8) is 0 Å². The van der Waals surface area contributed by atoms with Crippen LogP contribution in [0.15, 0.2) is 18.2 Å². The number of imidazole rings is 1. The van der Waals surface area contributed by atoms with Gasteiger partial charge in [0.25, 0.3) is 0 Å². The molecule has 0 spiro atoms. The molecule has 2 aromatic rings. The molecule has 4 heteroatoms. The zero-order valence-corrected chi connectivity index (χ0v) is 11.5. The number of anilines is 1. The number of likely N-dealkylation sites (N-methyl/N-ethyl adjacent to an activating group) is 1. The van der Waals surface area contributed by atoms with Gasteiger partial charge in [-0.15, -0.1) is 0 Å². The monoisotopic (exact) mass is 256 g/mol. The highest BCUT2D eigenvalue weighted by molar-refractivity contribution is 5.82. The van der Waals surface area contributed by atoms with Gasteiger partial charge in [-0.2, -0.15) is 0 Å². The van der Waals surface area contributed by atoms with Crippen molar-refractivity contribution < 1.29 is 0 Å². The van der Waals surface area contributed by atoms with Crippen molar-refractivity contribution in [3.05, 3.63) is 23.8 Å². The third-order valence-corrected chi connectivity index (χ3v) is 4.44. The summed E-state index contributed by atoms with van der Waals surface area (Å²) in [4.78, 5) is 9.75. The summed E-state index contributed by atoms with van der Waals surface area (Å²) in [6.45, 7) is 5.58. The molecule has 2 aliphatic rings. The van der Waals surface area contributed by atoms with Crippen molar-refractivity contribution in [2.24, 2.45) is 0 Å². The molecule has 2 aliphatic heterocycles. The number of piperazine rings is 1. The summed E-state index contributed by atoms with van der Waals surface area (Å²) in [7, 11) is 2.20. The van der Waals surface area contributed by atoms with Crippen molar-refractivity contribution in [2.75, 3.05) is 38.1 Å². The normalized spacial score (nSPS) is 20.2. The maximum atomic E-state index is 4.90. The fraction of sp³-hybridized carbons (Fsp3) is 0.533. The Morgan fingerprint density at radius 3 is 2.74 bits per heavy atom. The number of aryl methyl sites for hydroxylation is 2. The number of hydrogen-bond donors (Lipinski definition) is 0. The topological polar surface area (TPSA) is 24.3 Å². The van der Waals surface area contributed by atoms with Crippen LogP contribution in [0.3, 0.4) is 0 Å². The third kappa shape index (κ3) is 1.74. The van der Waals surface area contributed by atoms with Gasteiger partial charge in [-0.25, -0.2) is 4.98 Å². The molecule has 0 bridgehead atoms. The van der Waals surface area contributed by atoms with Crippen LogP contribution in [0.4, 0.5) is 5.95 Å². The van der Waals surface area contributed by atoms with E-state index in [0.29, 0.717) is 0 Å². The SMILES string of the molecule is CN1CCN(c2nc3cccc4c3n2CCC4)CC1. The van der Waals surface area contributed by atoms with Crippen molar-refractivity contribution in [3.8, 4) is 0 Å². The van der Waals surface area contributed by atoms with Crippen LogP contribution in [0.2, 0.25) is 0 Å². The molecule has 0 radical (unpaired) electrons. The number of hydrogen-bond acceptors (Lipinski definition) is 3. The molecule has 4 nitrogen and oxygen atoms in total. The number of para-hydroxylation sites is 1. The molecule has 0 amide bonds. The Hall–Kier alpha value is -1.55. The summed E-state index contributed by atoms with van der Waals surface area (Å²) in [5, 5.41) is 0. The number of benzene rings is 1. The molecule has 0 aliphatic carbocycles. The van der Waals surface area contributed by atoms with Gasteiger partial charge in [0.2, 0.25) is 5.95 Å². The molecule has 0 atom stereocenters. The number of rotatable bonds is 1. The van der Waals surface area contributed by atoms with E-state index >= 15 is 0 Å². The molecule has 0 saturated carbocycles.